The Morgan fingerprint density at radius 3 is 2.91 bits per heavy atom. The number of hydrogen-bond donors (Lipinski definition) is 1. The second-order valence-corrected chi connectivity index (χ2v) is 7.25. The molecule has 1 fully saturated rings. The molecule has 1 unspecified atom stereocenters. The molecule has 0 saturated carbocycles. The first-order chi connectivity index (χ1) is 11.2. The van der Waals surface area contributed by atoms with Gasteiger partial charge in [-0.3, -0.25) is 10.3 Å². The maximum absolute atomic E-state index is 4.32. The fourth-order valence-electron chi connectivity index (χ4n) is 2.96. The minimum atomic E-state index is 0.828. The SMILES string of the molecule is Cc1csc(NN=Cc2ccc(CN3CCCC(C)C3)cc2)n1. The zero-order chi connectivity index (χ0) is 16.1. The lowest BCUT2D eigenvalue weighted by molar-refractivity contribution is 0.176. The summed E-state index contributed by atoms with van der Waals surface area (Å²) in [4.78, 5) is 6.87. The Hall–Kier alpha value is -1.72. The van der Waals surface area contributed by atoms with E-state index in [0.29, 0.717) is 0 Å². The molecule has 3 rings (SSSR count). The summed E-state index contributed by atoms with van der Waals surface area (Å²) in [5, 5.41) is 7.08. The summed E-state index contributed by atoms with van der Waals surface area (Å²) in [7, 11) is 0. The molecule has 0 amide bonds. The van der Waals surface area contributed by atoms with Gasteiger partial charge in [-0.2, -0.15) is 5.10 Å². The molecule has 0 bridgehead atoms. The number of hydrazone groups is 1. The molecule has 1 N–H and O–H groups in total. The van der Waals surface area contributed by atoms with E-state index in [4.69, 9.17) is 0 Å². The van der Waals surface area contributed by atoms with E-state index in [-0.39, 0.29) is 0 Å². The quantitative estimate of drug-likeness (QED) is 0.663. The fourth-order valence-corrected chi connectivity index (χ4v) is 3.60. The molecule has 122 valence electrons. The number of aryl methyl sites for hydroxylation is 1. The summed E-state index contributed by atoms with van der Waals surface area (Å²) >= 11 is 1.57. The number of anilines is 1. The average molecular weight is 328 g/mol. The molecule has 1 saturated heterocycles. The fraction of sp³-hybridized carbons (Fsp3) is 0.444. The van der Waals surface area contributed by atoms with E-state index in [9.17, 15) is 0 Å². The highest BCUT2D eigenvalue weighted by molar-refractivity contribution is 7.13. The van der Waals surface area contributed by atoms with Gasteiger partial charge < -0.3 is 0 Å². The zero-order valence-electron chi connectivity index (χ0n) is 13.8. The van der Waals surface area contributed by atoms with Gasteiger partial charge in [0.05, 0.1) is 11.9 Å². The molecule has 1 aromatic heterocycles. The molecule has 1 aromatic carbocycles. The molecule has 0 radical (unpaired) electrons. The van der Waals surface area contributed by atoms with Crippen LogP contribution < -0.4 is 5.43 Å². The highest BCUT2D eigenvalue weighted by Gasteiger charge is 2.15. The molecule has 1 aliphatic rings. The van der Waals surface area contributed by atoms with Crippen LogP contribution in [0.2, 0.25) is 0 Å². The van der Waals surface area contributed by atoms with Gasteiger partial charge in [-0.25, -0.2) is 4.98 Å². The molecule has 0 spiro atoms. The van der Waals surface area contributed by atoms with E-state index >= 15 is 0 Å². The first kappa shape index (κ1) is 16.1. The summed E-state index contributed by atoms with van der Waals surface area (Å²) in [5.41, 5.74) is 6.46. The topological polar surface area (TPSA) is 40.5 Å². The van der Waals surface area contributed by atoms with E-state index in [0.717, 1.165) is 28.9 Å². The van der Waals surface area contributed by atoms with Crippen LogP contribution in [0.25, 0.3) is 0 Å². The van der Waals surface area contributed by atoms with Crippen molar-refractivity contribution in [1.29, 1.82) is 0 Å². The predicted octanol–water partition coefficient (Wildman–Crippen LogP) is 4.13. The van der Waals surface area contributed by atoms with Crippen molar-refractivity contribution < 1.29 is 0 Å². The number of nitrogens with zero attached hydrogens (tertiary/aromatic N) is 3. The van der Waals surface area contributed by atoms with Gasteiger partial charge in [0.2, 0.25) is 5.13 Å². The van der Waals surface area contributed by atoms with Gasteiger partial charge in [-0.15, -0.1) is 11.3 Å². The van der Waals surface area contributed by atoms with Crippen LogP contribution >= 0.6 is 11.3 Å². The monoisotopic (exact) mass is 328 g/mol. The average Bonchev–Trinajstić information content (AvgIpc) is 2.95. The van der Waals surface area contributed by atoms with Gasteiger partial charge in [-0.1, -0.05) is 31.2 Å². The second-order valence-electron chi connectivity index (χ2n) is 6.39. The van der Waals surface area contributed by atoms with E-state index in [2.05, 4.69) is 51.6 Å². The van der Waals surface area contributed by atoms with Crippen LogP contribution in [0.3, 0.4) is 0 Å². The first-order valence-electron chi connectivity index (χ1n) is 8.21. The largest absolute Gasteiger partial charge is 0.299 e. The Kier molecular flexibility index (Phi) is 5.41. The van der Waals surface area contributed by atoms with Crippen LogP contribution in [0.4, 0.5) is 5.13 Å². The Bertz CT molecular complexity index is 647. The molecular weight excluding hydrogens is 304 g/mol. The summed E-state index contributed by atoms with van der Waals surface area (Å²) < 4.78 is 0. The number of aromatic nitrogens is 1. The molecule has 2 aromatic rings. The van der Waals surface area contributed by atoms with Gasteiger partial charge in [0, 0.05) is 18.5 Å². The third-order valence-electron chi connectivity index (χ3n) is 4.12. The van der Waals surface area contributed by atoms with Crippen LogP contribution in [0.1, 0.15) is 36.6 Å². The number of thiazole rings is 1. The number of benzene rings is 1. The number of likely N-dealkylation sites (tertiary alicyclic amines) is 1. The van der Waals surface area contributed by atoms with E-state index < -0.39 is 0 Å². The third-order valence-corrected chi connectivity index (χ3v) is 4.98. The molecule has 1 aliphatic heterocycles. The Morgan fingerprint density at radius 2 is 2.22 bits per heavy atom. The number of hydrogen-bond acceptors (Lipinski definition) is 5. The van der Waals surface area contributed by atoms with Crippen LogP contribution in [0, 0.1) is 12.8 Å². The summed E-state index contributed by atoms with van der Waals surface area (Å²) in [6, 6.07) is 8.66. The lowest BCUT2D eigenvalue weighted by Crippen LogP contribution is -2.33. The summed E-state index contributed by atoms with van der Waals surface area (Å²) in [5.74, 6) is 0.829. The molecule has 1 atom stereocenters. The molecule has 2 heterocycles. The smallest absolute Gasteiger partial charge is 0.203 e. The minimum absolute atomic E-state index is 0.828. The normalized spacial score (nSPS) is 19.3. The van der Waals surface area contributed by atoms with Crippen molar-refractivity contribution in [1.82, 2.24) is 9.88 Å². The van der Waals surface area contributed by atoms with Crippen molar-refractivity contribution in [2.24, 2.45) is 11.0 Å². The van der Waals surface area contributed by atoms with Crippen molar-refractivity contribution in [2.75, 3.05) is 18.5 Å². The Morgan fingerprint density at radius 1 is 1.39 bits per heavy atom. The standard InChI is InChI=1S/C18H24N4S/c1-14-4-3-9-22(11-14)12-17-7-5-16(6-8-17)10-19-21-18-20-15(2)13-23-18/h5-8,10,13-14H,3-4,9,11-12H2,1-2H3,(H,20,21). The van der Waals surface area contributed by atoms with Crippen LogP contribution in [-0.2, 0) is 6.54 Å². The van der Waals surface area contributed by atoms with Crippen LogP contribution in [-0.4, -0.2) is 29.2 Å². The minimum Gasteiger partial charge on any atom is -0.299 e. The van der Waals surface area contributed by atoms with Crippen molar-refractivity contribution in [2.45, 2.75) is 33.2 Å². The van der Waals surface area contributed by atoms with E-state index in [1.54, 1.807) is 11.3 Å². The molecule has 5 heteroatoms. The van der Waals surface area contributed by atoms with Gasteiger partial charge in [0.15, 0.2) is 0 Å². The first-order valence-corrected chi connectivity index (χ1v) is 9.09. The van der Waals surface area contributed by atoms with E-state index in [1.807, 2.05) is 18.5 Å². The number of piperidine rings is 1. The predicted molar refractivity (Wildman–Crippen MR) is 98.2 cm³/mol. The highest BCUT2D eigenvalue weighted by atomic mass is 32.1. The van der Waals surface area contributed by atoms with Crippen LogP contribution in [0.5, 0.6) is 0 Å². The van der Waals surface area contributed by atoms with Crippen molar-refractivity contribution >= 4 is 22.7 Å². The maximum Gasteiger partial charge on any atom is 0.203 e. The molecule has 0 aliphatic carbocycles. The molecule has 23 heavy (non-hydrogen) atoms. The number of rotatable bonds is 5. The maximum atomic E-state index is 4.32. The molecular formula is C18H24N4S. The van der Waals surface area contributed by atoms with Crippen molar-refractivity contribution in [3.05, 3.63) is 46.5 Å². The Labute approximate surface area is 142 Å². The van der Waals surface area contributed by atoms with Gasteiger partial charge >= 0.3 is 0 Å². The third kappa shape index (κ3) is 4.88. The highest BCUT2D eigenvalue weighted by Crippen LogP contribution is 2.18. The Balaban J connectivity index is 1.52. The second kappa shape index (κ2) is 7.70. The number of nitrogens with one attached hydrogen (secondary N) is 1. The van der Waals surface area contributed by atoms with Crippen molar-refractivity contribution in [3.63, 3.8) is 0 Å². The van der Waals surface area contributed by atoms with E-state index in [1.165, 1.54) is 31.5 Å². The summed E-state index contributed by atoms with van der Waals surface area (Å²) in [6.07, 6.45) is 4.54. The van der Waals surface area contributed by atoms with Crippen molar-refractivity contribution in [3.8, 4) is 0 Å². The summed E-state index contributed by atoms with van der Waals surface area (Å²) in [6.45, 7) is 7.83. The lowest BCUT2D eigenvalue weighted by Gasteiger charge is -2.30. The van der Waals surface area contributed by atoms with Crippen LogP contribution in [0.15, 0.2) is 34.7 Å². The molecule has 4 nitrogen and oxygen atoms in total. The van der Waals surface area contributed by atoms with Gasteiger partial charge in [0.1, 0.15) is 0 Å². The zero-order valence-corrected chi connectivity index (χ0v) is 14.6. The van der Waals surface area contributed by atoms with Gasteiger partial charge in [0.25, 0.3) is 0 Å². The lowest BCUT2D eigenvalue weighted by atomic mass is 10.00. The van der Waals surface area contributed by atoms with Gasteiger partial charge in [-0.05, 0) is 43.4 Å².